The molecule has 2 atom stereocenters. The van der Waals surface area contributed by atoms with Crippen molar-refractivity contribution in [3.63, 3.8) is 0 Å². The molecule has 0 spiro atoms. The average Bonchev–Trinajstić information content (AvgIpc) is 2.73. The zero-order valence-electron chi connectivity index (χ0n) is 9.87. The van der Waals surface area contributed by atoms with Crippen LogP contribution in [-0.2, 0) is 11.7 Å². The molecule has 0 N–H and O–H groups in total. The van der Waals surface area contributed by atoms with Gasteiger partial charge in [0.25, 0.3) is 0 Å². The Labute approximate surface area is 111 Å². The Morgan fingerprint density at radius 2 is 2.11 bits per heavy atom. The highest BCUT2D eigenvalue weighted by molar-refractivity contribution is 9.11. The van der Waals surface area contributed by atoms with Gasteiger partial charge in [0.1, 0.15) is 0 Å². The van der Waals surface area contributed by atoms with Gasteiger partial charge in [-0.2, -0.15) is 18.3 Å². The lowest BCUT2D eigenvalue weighted by Crippen LogP contribution is -2.36. The molecule has 1 aromatic heterocycles. The topological polar surface area (TPSA) is 17.8 Å². The number of hydrogen-bond donors (Lipinski definition) is 0. The normalized spacial score (nSPS) is 28.3. The van der Waals surface area contributed by atoms with Crippen molar-refractivity contribution in [2.24, 2.45) is 5.92 Å². The first-order valence-corrected chi connectivity index (χ1v) is 6.21. The van der Waals surface area contributed by atoms with Gasteiger partial charge in [0.15, 0.2) is 0 Å². The summed E-state index contributed by atoms with van der Waals surface area (Å²) in [6.07, 6.45) is 3.19. The fraction of sp³-hybridized carbons (Fsp3) is 0.417. The molecule has 2 unspecified atom stereocenters. The van der Waals surface area contributed by atoms with Crippen LogP contribution in [0.1, 0.15) is 19.4 Å². The van der Waals surface area contributed by atoms with E-state index in [1.54, 1.807) is 0 Å². The molecule has 0 saturated heterocycles. The van der Waals surface area contributed by atoms with Gasteiger partial charge in [-0.3, -0.25) is 4.68 Å². The van der Waals surface area contributed by atoms with E-state index >= 15 is 0 Å². The van der Waals surface area contributed by atoms with Gasteiger partial charge < -0.3 is 0 Å². The van der Waals surface area contributed by atoms with Gasteiger partial charge in [-0.1, -0.05) is 35.0 Å². The minimum Gasteiger partial charge on any atom is -0.262 e. The Balaban J connectivity index is 2.38. The summed E-state index contributed by atoms with van der Waals surface area (Å²) >= 11 is 3.35. The highest BCUT2D eigenvalue weighted by Gasteiger charge is 2.37. The van der Waals surface area contributed by atoms with Crippen molar-refractivity contribution in [3.8, 4) is 0 Å². The molecule has 0 aliphatic heterocycles. The van der Waals surface area contributed by atoms with E-state index in [-0.39, 0.29) is 5.92 Å². The van der Waals surface area contributed by atoms with E-state index in [0.717, 1.165) is 16.9 Å². The molecule has 1 heterocycles. The van der Waals surface area contributed by atoms with Gasteiger partial charge in [-0.15, -0.1) is 0 Å². The number of rotatable bonds is 1. The second-order valence-electron chi connectivity index (χ2n) is 4.57. The Morgan fingerprint density at radius 3 is 2.61 bits per heavy atom. The van der Waals surface area contributed by atoms with Crippen LogP contribution in [0.5, 0.6) is 0 Å². The first-order chi connectivity index (χ1) is 8.23. The Hall–Kier alpha value is -1.04. The maximum atomic E-state index is 12.6. The maximum Gasteiger partial charge on any atom is 0.419 e. The van der Waals surface area contributed by atoms with Crippen LogP contribution in [0.15, 0.2) is 35.1 Å². The SMILES string of the molecule is CC1C=C(Br)C=CC1(C)n1cc(C(F)(F)F)cn1. The Kier molecular flexibility index (Phi) is 3.17. The summed E-state index contributed by atoms with van der Waals surface area (Å²) in [4.78, 5) is 0. The standard InChI is InChI=1S/C12H12BrF3N2/c1-8-5-10(13)3-4-11(8,2)18-7-9(6-17-18)12(14,15)16/h3-8H,1-2H3. The van der Waals surface area contributed by atoms with Gasteiger partial charge >= 0.3 is 6.18 Å². The molecule has 1 aromatic rings. The van der Waals surface area contributed by atoms with Crippen molar-refractivity contribution in [2.45, 2.75) is 25.6 Å². The third kappa shape index (κ3) is 2.25. The van der Waals surface area contributed by atoms with Crippen molar-refractivity contribution in [2.75, 3.05) is 0 Å². The monoisotopic (exact) mass is 320 g/mol. The minimum atomic E-state index is -4.35. The van der Waals surface area contributed by atoms with E-state index < -0.39 is 17.3 Å². The third-order valence-corrected chi connectivity index (χ3v) is 3.84. The molecule has 0 saturated carbocycles. The molecule has 98 valence electrons. The van der Waals surface area contributed by atoms with E-state index in [1.165, 1.54) is 4.68 Å². The molecule has 18 heavy (non-hydrogen) atoms. The van der Waals surface area contributed by atoms with E-state index in [1.807, 2.05) is 32.1 Å². The highest BCUT2D eigenvalue weighted by atomic mass is 79.9. The number of aromatic nitrogens is 2. The number of halogens is 4. The lowest BCUT2D eigenvalue weighted by Gasteiger charge is -2.34. The van der Waals surface area contributed by atoms with Crippen molar-refractivity contribution in [1.29, 1.82) is 0 Å². The molecule has 2 nitrogen and oxygen atoms in total. The second kappa shape index (κ2) is 4.26. The zero-order chi connectivity index (χ0) is 13.6. The summed E-state index contributed by atoms with van der Waals surface area (Å²) in [5.41, 5.74) is -1.31. The van der Waals surface area contributed by atoms with Crippen LogP contribution in [0.3, 0.4) is 0 Å². The molecule has 0 radical (unpaired) electrons. The number of hydrogen-bond acceptors (Lipinski definition) is 1. The van der Waals surface area contributed by atoms with Crippen LogP contribution in [0.4, 0.5) is 13.2 Å². The first-order valence-electron chi connectivity index (χ1n) is 5.42. The quantitative estimate of drug-likeness (QED) is 0.761. The van der Waals surface area contributed by atoms with Crippen molar-refractivity contribution in [3.05, 3.63) is 40.7 Å². The van der Waals surface area contributed by atoms with Crippen molar-refractivity contribution in [1.82, 2.24) is 9.78 Å². The maximum absolute atomic E-state index is 12.6. The molecule has 2 rings (SSSR count). The number of nitrogens with zero attached hydrogens (tertiary/aromatic N) is 2. The van der Waals surface area contributed by atoms with Crippen LogP contribution >= 0.6 is 15.9 Å². The molecule has 0 bridgehead atoms. The summed E-state index contributed by atoms with van der Waals surface area (Å²) in [6, 6.07) is 0. The molecule has 0 aromatic carbocycles. The van der Waals surface area contributed by atoms with Crippen LogP contribution in [-0.4, -0.2) is 9.78 Å². The van der Waals surface area contributed by atoms with Crippen molar-refractivity contribution < 1.29 is 13.2 Å². The predicted molar refractivity (Wildman–Crippen MR) is 66.2 cm³/mol. The summed E-state index contributed by atoms with van der Waals surface area (Å²) in [5, 5.41) is 3.85. The van der Waals surface area contributed by atoms with Crippen LogP contribution in [0, 0.1) is 5.92 Å². The smallest absolute Gasteiger partial charge is 0.262 e. The number of allylic oxidation sites excluding steroid dienone is 4. The lowest BCUT2D eigenvalue weighted by atomic mass is 9.84. The average molecular weight is 321 g/mol. The molecule has 0 amide bonds. The largest absolute Gasteiger partial charge is 0.419 e. The molecular formula is C12H12BrF3N2. The van der Waals surface area contributed by atoms with Crippen LogP contribution in [0.25, 0.3) is 0 Å². The summed E-state index contributed by atoms with van der Waals surface area (Å²) in [7, 11) is 0. The van der Waals surface area contributed by atoms with E-state index in [4.69, 9.17) is 0 Å². The first kappa shape index (κ1) is 13.4. The lowest BCUT2D eigenvalue weighted by molar-refractivity contribution is -0.137. The van der Waals surface area contributed by atoms with E-state index in [0.29, 0.717) is 0 Å². The zero-order valence-corrected chi connectivity index (χ0v) is 11.5. The van der Waals surface area contributed by atoms with Crippen LogP contribution in [0.2, 0.25) is 0 Å². The fourth-order valence-corrected chi connectivity index (χ4v) is 2.41. The van der Waals surface area contributed by atoms with Gasteiger partial charge in [0, 0.05) is 16.6 Å². The van der Waals surface area contributed by atoms with Gasteiger partial charge in [-0.25, -0.2) is 0 Å². The summed E-state index contributed by atoms with van der Waals surface area (Å²) in [5.74, 6) is 0.0397. The van der Waals surface area contributed by atoms with E-state index in [2.05, 4.69) is 21.0 Å². The molecule has 1 aliphatic rings. The van der Waals surface area contributed by atoms with E-state index in [9.17, 15) is 13.2 Å². The molecular weight excluding hydrogens is 309 g/mol. The van der Waals surface area contributed by atoms with Gasteiger partial charge in [0.2, 0.25) is 0 Å². The minimum absolute atomic E-state index is 0.0397. The Bertz CT molecular complexity index is 516. The van der Waals surface area contributed by atoms with Crippen molar-refractivity contribution >= 4 is 15.9 Å². The Morgan fingerprint density at radius 1 is 1.44 bits per heavy atom. The second-order valence-corrected chi connectivity index (χ2v) is 5.49. The number of alkyl halides is 3. The molecule has 6 heteroatoms. The summed E-state index contributed by atoms with van der Waals surface area (Å²) < 4.78 is 40.0. The van der Waals surface area contributed by atoms with Gasteiger partial charge in [-0.05, 0) is 13.0 Å². The highest BCUT2D eigenvalue weighted by Crippen LogP contribution is 2.36. The third-order valence-electron chi connectivity index (χ3n) is 3.31. The van der Waals surface area contributed by atoms with Crippen LogP contribution < -0.4 is 0 Å². The molecule has 1 aliphatic carbocycles. The summed E-state index contributed by atoms with van der Waals surface area (Å²) in [6.45, 7) is 3.80. The molecule has 0 fully saturated rings. The fourth-order valence-electron chi connectivity index (χ4n) is 1.88. The predicted octanol–water partition coefficient (Wildman–Crippen LogP) is 4.10. The van der Waals surface area contributed by atoms with Gasteiger partial charge in [0.05, 0.1) is 17.3 Å².